The van der Waals surface area contributed by atoms with E-state index in [1.54, 1.807) is 7.05 Å². The molecule has 0 atom stereocenters. The fourth-order valence-electron chi connectivity index (χ4n) is 1.91. The minimum absolute atomic E-state index is 0.0885. The molecule has 0 fully saturated rings. The largest absolute Gasteiger partial charge is 0.441 e. The molecule has 8 heteroatoms. The Hall–Kier alpha value is -2.61. The van der Waals surface area contributed by atoms with Crippen LogP contribution in [0.4, 0.5) is 4.79 Å². The maximum absolute atomic E-state index is 11.9. The molecule has 8 nitrogen and oxygen atoms in total. The summed E-state index contributed by atoms with van der Waals surface area (Å²) in [4.78, 5) is 24.7. The highest BCUT2D eigenvalue weighted by atomic mass is 16.6. The summed E-state index contributed by atoms with van der Waals surface area (Å²) in [7, 11) is 3.13. The summed E-state index contributed by atoms with van der Waals surface area (Å²) in [6.45, 7) is 4.00. The van der Waals surface area contributed by atoms with E-state index in [4.69, 9.17) is 14.0 Å². The molecule has 150 valence electrons. The maximum Gasteiger partial charge on any atom is 0.410 e. The van der Waals surface area contributed by atoms with Gasteiger partial charge < -0.3 is 24.2 Å². The van der Waals surface area contributed by atoms with Crippen LogP contribution in [0.1, 0.15) is 42.4 Å². The summed E-state index contributed by atoms with van der Waals surface area (Å²) in [6, 6.07) is 1.43. The molecule has 0 aliphatic heterocycles. The molecule has 1 aromatic heterocycles. The molecular weight excluding hydrogens is 350 g/mol. The Morgan fingerprint density at radius 2 is 2.07 bits per heavy atom. The molecule has 1 heterocycles. The summed E-state index contributed by atoms with van der Waals surface area (Å²) in [6.07, 6.45) is 10.3. The maximum atomic E-state index is 11.9. The fourth-order valence-corrected chi connectivity index (χ4v) is 1.91. The molecule has 1 N–H and O–H groups in total. The molecule has 1 aromatic rings. The molecule has 0 radical (unpaired) electrons. The first-order chi connectivity index (χ1) is 13.1. The van der Waals surface area contributed by atoms with E-state index in [9.17, 15) is 9.59 Å². The number of likely N-dealkylation sites (N-methyl/N-ethyl adjacent to an activating group) is 1. The van der Waals surface area contributed by atoms with Crippen LogP contribution in [0.25, 0.3) is 0 Å². The molecule has 0 saturated carbocycles. The third-order valence-corrected chi connectivity index (χ3v) is 3.50. The van der Waals surface area contributed by atoms with Gasteiger partial charge in [-0.15, -0.1) is 0 Å². The van der Waals surface area contributed by atoms with Gasteiger partial charge in [0.15, 0.2) is 18.1 Å². The van der Waals surface area contributed by atoms with Crippen LogP contribution in [0.5, 0.6) is 0 Å². The highest BCUT2D eigenvalue weighted by molar-refractivity contribution is 5.91. The van der Waals surface area contributed by atoms with Crippen molar-refractivity contribution < 1.29 is 23.6 Å². The Balaban J connectivity index is 2.20. The Morgan fingerprint density at radius 1 is 1.30 bits per heavy atom. The molecule has 0 aliphatic rings. The Labute approximate surface area is 160 Å². The van der Waals surface area contributed by atoms with Crippen molar-refractivity contribution in [1.29, 1.82) is 0 Å². The van der Waals surface area contributed by atoms with Gasteiger partial charge in [-0.1, -0.05) is 42.8 Å². The smallest absolute Gasteiger partial charge is 0.410 e. The van der Waals surface area contributed by atoms with Gasteiger partial charge in [0.25, 0.3) is 5.91 Å². The summed E-state index contributed by atoms with van der Waals surface area (Å²) in [5, 5.41) is 6.03. The van der Waals surface area contributed by atoms with E-state index in [1.165, 1.54) is 18.0 Å². The SMILES string of the molecule is CCCCOCC/C=C/C=C/CN(C)C(=O)OCc1cc(C(=O)NC)no1. The number of ether oxygens (including phenoxy) is 2. The lowest BCUT2D eigenvalue weighted by molar-refractivity contribution is 0.0943. The molecule has 0 bridgehead atoms. The Kier molecular flexibility index (Phi) is 11.3. The lowest BCUT2D eigenvalue weighted by atomic mass is 10.3. The van der Waals surface area contributed by atoms with E-state index in [1.807, 2.05) is 24.3 Å². The summed E-state index contributed by atoms with van der Waals surface area (Å²) >= 11 is 0. The summed E-state index contributed by atoms with van der Waals surface area (Å²) < 4.78 is 15.5. The highest BCUT2D eigenvalue weighted by Gasteiger charge is 2.13. The average molecular weight is 379 g/mol. The molecule has 1 rings (SSSR count). The Bertz CT molecular complexity index is 625. The monoisotopic (exact) mass is 379 g/mol. The van der Waals surface area contributed by atoms with E-state index in [2.05, 4.69) is 17.4 Å². The van der Waals surface area contributed by atoms with Gasteiger partial charge in [-0.3, -0.25) is 4.79 Å². The van der Waals surface area contributed by atoms with Gasteiger partial charge in [0, 0.05) is 33.3 Å². The van der Waals surface area contributed by atoms with Crippen LogP contribution in [-0.2, 0) is 16.1 Å². The second kappa shape index (κ2) is 13.6. The second-order valence-electron chi connectivity index (χ2n) is 5.80. The van der Waals surface area contributed by atoms with E-state index < -0.39 is 6.09 Å². The number of nitrogens with zero attached hydrogens (tertiary/aromatic N) is 2. The number of unbranched alkanes of at least 4 members (excludes halogenated alkanes) is 1. The second-order valence-corrected chi connectivity index (χ2v) is 5.80. The highest BCUT2D eigenvalue weighted by Crippen LogP contribution is 2.06. The number of carbonyl (C=O) groups is 2. The first-order valence-electron chi connectivity index (χ1n) is 9.03. The molecule has 0 saturated heterocycles. The molecule has 0 aromatic carbocycles. The number of nitrogens with one attached hydrogen (secondary N) is 1. The molecule has 0 spiro atoms. The quantitative estimate of drug-likeness (QED) is 0.443. The predicted octanol–water partition coefficient (Wildman–Crippen LogP) is 2.92. The van der Waals surface area contributed by atoms with Gasteiger partial charge in [-0.2, -0.15) is 0 Å². The van der Waals surface area contributed by atoms with Crippen LogP contribution in [0.15, 0.2) is 34.9 Å². The van der Waals surface area contributed by atoms with Crippen LogP contribution in [0, 0.1) is 0 Å². The number of rotatable bonds is 12. The van der Waals surface area contributed by atoms with Crippen molar-refractivity contribution in [2.45, 2.75) is 32.8 Å². The van der Waals surface area contributed by atoms with Gasteiger partial charge in [-0.05, 0) is 12.8 Å². The minimum atomic E-state index is -0.495. The first kappa shape index (κ1) is 22.4. The topological polar surface area (TPSA) is 93.9 Å². The average Bonchev–Trinajstić information content (AvgIpc) is 3.15. The molecule has 2 amide bonds. The lowest BCUT2D eigenvalue weighted by Gasteiger charge is -2.13. The number of allylic oxidation sites excluding steroid dienone is 2. The van der Waals surface area contributed by atoms with Gasteiger partial charge in [0.1, 0.15) is 0 Å². The van der Waals surface area contributed by atoms with Crippen LogP contribution < -0.4 is 5.32 Å². The van der Waals surface area contributed by atoms with Crippen molar-refractivity contribution in [2.24, 2.45) is 0 Å². The zero-order chi connectivity index (χ0) is 19.9. The van der Waals surface area contributed by atoms with E-state index in [0.717, 1.165) is 32.5 Å². The fraction of sp³-hybridized carbons (Fsp3) is 0.526. The van der Waals surface area contributed by atoms with Gasteiger partial charge >= 0.3 is 6.09 Å². The summed E-state index contributed by atoms with van der Waals surface area (Å²) in [5.41, 5.74) is 0.141. The van der Waals surface area contributed by atoms with E-state index in [-0.39, 0.29) is 18.2 Å². The molecular formula is C19H29N3O5. The van der Waals surface area contributed by atoms with Crippen LogP contribution in [0.3, 0.4) is 0 Å². The predicted molar refractivity (Wildman–Crippen MR) is 101 cm³/mol. The van der Waals surface area contributed by atoms with Crippen molar-refractivity contribution in [1.82, 2.24) is 15.4 Å². The van der Waals surface area contributed by atoms with E-state index in [0.29, 0.717) is 12.3 Å². The summed E-state index contributed by atoms with van der Waals surface area (Å²) in [5.74, 6) is -0.0610. The molecule has 27 heavy (non-hydrogen) atoms. The number of hydrogen-bond donors (Lipinski definition) is 1. The first-order valence-corrected chi connectivity index (χ1v) is 9.03. The van der Waals surface area contributed by atoms with Crippen molar-refractivity contribution in [2.75, 3.05) is 33.9 Å². The van der Waals surface area contributed by atoms with Crippen molar-refractivity contribution in [3.8, 4) is 0 Å². The minimum Gasteiger partial charge on any atom is -0.441 e. The van der Waals surface area contributed by atoms with Crippen molar-refractivity contribution in [3.05, 3.63) is 41.8 Å². The van der Waals surface area contributed by atoms with E-state index >= 15 is 0 Å². The van der Waals surface area contributed by atoms with Crippen LogP contribution in [0.2, 0.25) is 0 Å². The van der Waals surface area contributed by atoms with Gasteiger partial charge in [0.2, 0.25) is 0 Å². The zero-order valence-corrected chi connectivity index (χ0v) is 16.3. The number of hydrogen-bond acceptors (Lipinski definition) is 6. The number of carbonyl (C=O) groups excluding carboxylic acids is 2. The molecule has 0 aliphatic carbocycles. The Morgan fingerprint density at radius 3 is 2.81 bits per heavy atom. The van der Waals surface area contributed by atoms with Gasteiger partial charge in [0.05, 0.1) is 6.61 Å². The molecule has 0 unspecified atom stereocenters. The lowest BCUT2D eigenvalue weighted by Crippen LogP contribution is -2.27. The normalized spacial score (nSPS) is 11.2. The van der Waals surface area contributed by atoms with Crippen LogP contribution in [-0.4, -0.2) is 55.9 Å². The van der Waals surface area contributed by atoms with Crippen LogP contribution >= 0.6 is 0 Å². The van der Waals surface area contributed by atoms with Crippen molar-refractivity contribution >= 4 is 12.0 Å². The zero-order valence-electron chi connectivity index (χ0n) is 16.3. The van der Waals surface area contributed by atoms with Gasteiger partial charge in [-0.25, -0.2) is 4.79 Å². The van der Waals surface area contributed by atoms with Crippen molar-refractivity contribution in [3.63, 3.8) is 0 Å². The third-order valence-electron chi connectivity index (χ3n) is 3.50. The third kappa shape index (κ3) is 9.60. The number of aromatic nitrogens is 1. The standard InChI is InChI=1S/C19H29N3O5/c1-4-5-12-25-13-10-8-6-7-9-11-22(3)19(24)26-15-16-14-17(21-27-16)18(23)20-2/h6-9,14H,4-5,10-13,15H2,1-3H3,(H,20,23)/b8-6+,9-7+. The number of amides is 2.